The molecule has 0 atom stereocenters. The van der Waals surface area contributed by atoms with Crippen LogP contribution in [-0.2, 0) is 5.41 Å². The van der Waals surface area contributed by atoms with Crippen LogP contribution in [0.15, 0.2) is 52.5 Å². The Labute approximate surface area is 144 Å². The van der Waals surface area contributed by atoms with E-state index < -0.39 is 0 Å². The molecule has 0 amide bonds. The fraction of sp³-hybridized carbons (Fsp3) is 0.238. The molecule has 3 aromatic rings. The molecule has 0 unspecified atom stereocenters. The Balaban J connectivity index is 1.89. The largest absolute Gasteiger partial charge is 0.355 e. The van der Waals surface area contributed by atoms with Crippen LogP contribution in [0.2, 0.25) is 0 Å². The Bertz CT molecular complexity index is 1050. The molecule has 1 heterocycles. The zero-order chi connectivity index (χ0) is 15.8. The lowest BCUT2D eigenvalue weighted by Crippen LogP contribution is -2.17. The van der Waals surface area contributed by atoms with E-state index in [1.54, 1.807) is 5.57 Å². The van der Waals surface area contributed by atoms with Gasteiger partial charge in [-0.25, -0.2) is 0 Å². The van der Waals surface area contributed by atoms with Crippen molar-refractivity contribution in [1.82, 2.24) is 4.98 Å². The number of aromatic nitrogens is 1. The monoisotopic (exact) mass is 363 g/mol. The molecular weight excluding hydrogens is 346 g/mol. The minimum atomic E-state index is 0.140. The zero-order valence-corrected chi connectivity index (χ0v) is 14.9. The van der Waals surface area contributed by atoms with Crippen molar-refractivity contribution in [3.63, 3.8) is 0 Å². The summed E-state index contributed by atoms with van der Waals surface area (Å²) in [5.74, 6) is 0. The molecule has 2 aliphatic rings. The molecule has 0 radical (unpaired) electrons. The van der Waals surface area contributed by atoms with Gasteiger partial charge in [0, 0.05) is 31.7 Å². The molecule has 0 aliphatic heterocycles. The molecule has 114 valence electrons. The molecule has 5 rings (SSSR count). The molecule has 23 heavy (non-hydrogen) atoms. The quantitative estimate of drug-likeness (QED) is 0.470. The van der Waals surface area contributed by atoms with E-state index in [0.717, 1.165) is 4.47 Å². The van der Waals surface area contributed by atoms with Gasteiger partial charge >= 0.3 is 0 Å². The van der Waals surface area contributed by atoms with Gasteiger partial charge in [-0.05, 0) is 59.9 Å². The standard InChI is InChI=1S/C21H18BrN/c1-21(2)17-6-4-3-5-13(17)14-10-16-15-9-12(22)7-8-19(15)23-20(16)11-18(14)21/h3,5,7-11,23H,4,6H2,1-2H3. The number of benzene rings is 2. The maximum Gasteiger partial charge on any atom is 0.0468 e. The maximum atomic E-state index is 3.60. The van der Waals surface area contributed by atoms with E-state index in [2.05, 4.69) is 77.2 Å². The molecule has 1 N–H and O–H groups in total. The lowest BCUT2D eigenvalue weighted by molar-refractivity contribution is 0.608. The van der Waals surface area contributed by atoms with Gasteiger partial charge in [-0.3, -0.25) is 0 Å². The molecule has 1 nitrogen and oxygen atoms in total. The van der Waals surface area contributed by atoms with Crippen LogP contribution >= 0.6 is 15.9 Å². The van der Waals surface area contributed by atoms with Crippen molar-refractivity contribution >= 4 is 43.3 Å². The molecule has 2 aliphatic carbocycles. The van der Waals surface area contributed by atoms with Gasteiger partial charge in [0.2, 0.25) is 0 Å². The number of halogens is 1. The van der Waals surface area contributed by atoms with Crippen LogP contribution in [0, 0.1) is 0 Å². The van der Waals surface area contributed by atoms with Crippen molar-refractivity contribution in [3.05, 3.63) is 63.7 Å². The third kappa shape index (κ3) is 1.73. The molecule has 2 aromatic carbocycles. The first-order valence-corrected chi connectivity index (χ1v) is 9.01. The predicted octanol–water partition coefficient (Wildman–Crippen LogP) is 6.48. The maximum absolute atomic E-state index is 3.60. The van der Waals surface area contributed by atoms with Crippen molar-refractivity contribution in [2.75, 3.05) is 0 Å². The van der Waals surface area contributed by atoms with E-state index >= 15 is 0 Å². The first-order chi connectivity index (χ1) is 11.1. The number of rotatable bonds is 0. The van der Waals surface area contributed by atoms with Crippen LogP contribution in [0.4, 0.5) is 0 Å². The van der Waals surface area contributed by atoms with E-state index in [4.69, 9.17) is 0 Å². The summed E-state index contributed by atoms with van der Waals surface area (Å²) in [6, 6.07) is 11.2. The highest BCUT2D eigenvalue weighted by molar-refractivity contribution is 9.10. The molecule has 0 fully saturated rings. The van der Waals surface area contributed by atoms with Gasteiger partial charge in [-0.15, -0.1) is 0 Å². The summed E-state index contributed by atoms with van der Waals surface area (Å²) in [5, 5.41) is 2.62. The Kier molecular flexibility index (Phi) is 2.60. The van der Waals surface area contributed by atoms with Crippen LogP contribution < -0.4 is 0 Å². The highest BCUT2D eigenvalue weighted by Crippen LogP contribution is 2.51. The van der Waals surface area contributed by atoms with Gasteiger partial charge in [0.25, 0.3) is 0 Å². The molecule has 0 spiro atoms. The fourth-order valence-corrected chi connectivity index (χ4v) is 4.75. The Morgan fingerprint density at radius 1 is 1.04 bits per heavy atom. The van der Waals surface area contributed by atoms with Crippen LogP contribution in [0.5, 0.6) is 0 Å². The lowest BCUT2D eigenvalue weighted by atomic mass is 9.78. The first-order valence-electron chi connectivity index (χ1n) is 8.22. The minimum Gasteiger partial charge on any atom is -0.355 e. The summed E-state index contributed by atoms with van der Waals surface area (Å²) in [7, 11) is 0. The Hall–Kier alpha value is -1.80. The van der Waals surface area contributed by atoms with Crippen molar-refractivity contribution in [1.29, 1.82) is 0 Å². The highest BCUT2D eigenvalue weighted by atomic mass is 79.9. The van der Waals surface area contributed by atoms with Gasteiger partial charge in [0.15, 0.2) is 0 Å². The second-order valence-corrected chi connectivity index (χ2v) is 8.13. The molecule has 2 heteroatoms. The van der Waals surface area contributed by atoms with Crippen molar-refractivity contribution in [2.24, 2.45) is 0 Å². The van der Waals surface area contributed by atoms with Crippen molar-refractivity contribution in [2.45, 2.75) is 32.1 Å². The van der Waals surface area contributed by atoms with Crippen LogP contribution in [0.3, 0.4) is 0 Å². The number of hydrogen-bond donors (Lipinski definition) is 1. The van der Waals surface area contributed by atoms with Crippen LogP contribution in [0.25, 0.3) is 27.4 Å². The first kappa shape index (κ1) is 13.6. The predicted molar refractivity (Wildman–Crippen MR) is 102 cm³/mol. The summed E-state index contributed by atoms with van der Waals surface area (Å²) < 4.78 is 1.13. The summed E-state index contributed by atoms with van der Waals surface area (Å²) >= 11 is 3.60. The van der Waals surface area contributed by atoms with Gasteiger partial charge in [-0.1, -0.05) is 47.5 Å². The van der Waals surface area contributed by atoms with Gasteiger partial charge in [0.1, 0.15) is 0 Å². The van der Waals surface area contributed by atoms with E-state index in [-0.39, 0.29) is 5.41 Å². The van der Waals surface area contributed by atoms with E-state index in [9.17, 15) is 0 Å². The zero-order valence-electron chi connectivity index (χ0n) is 13.3. The summed E-state index contributed by atoms with van der Waals surface area (Å²) in [4.78, 5) is 3.60. The second-order valence-electron chi connectivity index (χ2n) is 7.22. The van der Waals surface area contributed by atoms with E-state index in [1.165, 1.54) is 51.3 Å². The summed E-state index contributed by atoms with van der Waals surface area (Å²) in [5.41, 5.74) is 8.55. The molecule has 0 bridgehead atoms. The molecule has 0 saturated heterocycles. The van der Waals surface area contributed by atoms with E-state index in [1.807, 2.05) is 0 Å². The van der Waals surface area contributed by atoms with Crippen molar-refractivity contribution < 1.29 is 0 Å². The minimum absolute atomic E-state index is 0.140. The van der Waals surface area contributed by atoms with Crippen LogP contribution in [0.1, 0.15) is 37.8 Å². The number of nitrogens with one attached hydrogen (secondary N) is 1. The van der Waals surface area contributed by atoms with Gasteiger partial charge < -0.3 is 4.98 Å². The topological polar surface area (TPSA) is 15.8 Å². The van der Waals surface area contributed by atoms with Gasteiger partial charge in [-0.2, -0.15) is 0 Å². The number of fused-ring (bicyclic) bond motifs is 5. The number of hydrogen-bond acceptors (Lipinski definition) is 0. The molecular formula is C21H18BrN. The molecule has 1 aromatic heterocycles. The average Bonchev–Trinajstić information content (AvgIpc) is 3.00. The number of H-pyrrole nitrogens is 1. The summed E-state index contributed by atoms with van der Waals surface area (Å²) in [6.07, 6.45) is 7.01. The van der Waals surface area contributed by atoms with Gasteiger partial charge in [0.05, 0.1) is 0 Å². The van der Waals surface area contributed by atoms with E-state index in [0.29, 0.717) is 0 Å². The highest BCUT2D eigenvalue weighted by Gasteiger charge is 2.37. The van der Waals surface area contributed by atoms with Crippen LogP contribution in [-0.4, -0.2) is 4.98 Å². The lowest BCUT2D eigenvalue weighted by Gasteiger charge is -2.25. The smallest absolute Gasteiger partial charge is 0.0468 e. The Morgan fingerprint density at radius 2 is 1.87 bits per heavy atom. The number of aromatic amines is 1. The molecule has 0 saturated carbocycles. The SMILES string of the molecule is CC1(C)C2=C(C=CCC2)c2cc3c(cc21)[nH]c1ccc(Br)cc13. The third-order valence-electron chi connectivity index (χ3n) is 5.59. The summed E-state index contributed by atoms with van der Waals surface area (Å²) in [6.45, 7) is 4.75. The third-order valence-corrected chi connectivity index (χ3v) is 6.08. The fourth-order valence-electron chi connectivity index (χ4n) is 4.39. The Morgan fingerprint density at radius 3 is 2.74 bits per heavy atom. The second kappa shape index (κ2) is 4.39. The normalized spacial score (nSPS) is 18.7. The number of allylic oxidation sites excluding steroid dienone is 4. The van der Waals surface area contributed by atoms with Crippen molar-refractivity contribution in [3.8, 4) is 0 Å². The average molecular weight is 364 g/mol.